The van der Waals surface area contributed by atoms with Crippen LogP contribution in [0.25, 0.3) is 0 Å². The summed E-state index contributed by atoms with van der Waals surface area (Å²) < 4.78 is 0. The van der Waals surface area contributed by atoms with Crippen LogP contribution < -0.4 is 4.90 Å². The molecule has 1 rings (SSSR count). The van der Waals surface area contributed by atoms with Gasteiger partial charge in [0.05, 0.1) is 12.5 Å². The van der Waals surface area contributed by atoms with Gasteiger partial charge in [-0.2, -0.15) is 5.26 Å². The van der Waals surface area contributed by atoms with Gasteiger partial charge in [-0.1, -0.05) is 0 Å². The van der Waals surface area contributed by atoms with Crippen LogP contribution in [0, 0.1) is 11.3 Å². The number of hydrogen-bond acceptors (Lipinski definition) is 3. The first-order chi connectivity index (χ1) is 6.77. The van der Waals surface area contributed by atoms with Gasteiger partial charge < -0.3 is 4.90 Å². The second kappa shape index (κ2) is 5.56. The molecular weight excluding hydrogens is 192 g/mol. The van der Waals surface area contributed by atoms with E-state index < -0.39 is 0 Å². The minimum Gasteiger partial charge on any atom is -0.374 e. The number of nitriles is 1. The summed E-state index contributed by atoms with van der Waals surface area (Å²) in [6.45, 7) is 0.787. The van der Waals surface area contributed by atoms with E-state index in [1.807, 2.05) is 7.05 Å². The van der Waals surface area contributed by atoms with Crippen LogP contribution in [0.15, 0.2) is 29.2 Å². The fourth-order valence-electron chi connectivity index (χ4n) is 1.18. The maximum atomic E-state index is 8.46. The molecule has 0 N–H and O–H groups in total. The van der Waals surface area contributed by atoms with Crippen molar-refractivity contribution in [1.82, 2.24) is 0 Å². The molecule has 0 aliphatic carbocycles. The van der Waals surface area contributed by atoms with Crippen LogP contribution in [0.3, 0.4) is 0 Å². The minimum absolute atomic E-state index is 0.570. The van der Waals surface area contributed by atoms with Crippen LogP contribution in [0.1, 0.15) is 6.42 Å². The van der Waals surface area contributed by atoms with E-state index >= 15 is 0 Å². The third-order valence-electron chi connectivity index (χ3n) is 2.07. The molecule has 0 atom stereocenters. The summed E-state index contributed by atoms with van der Waals surface area (Å²) in [5.74, 6) is 0. The predicted molar refractivity (Wildman–Crippen MR) is 61.7 cm³/mol. The van der Waals surface area contributed by atoms with Crippen LogP contribution >= 0.6 is 11.8 Å². The zero-order chi connectivity index (χ0) is 10.4. The molecule has 0 aliphatic heterocycles. The lowest BCUT2D eigenvalue weighted by Gasteiger charge is -2.17. The summed E-state index contributed by atoms with van der Waals surface area (Å²) in [6.07, 6.45) is 2.63. The number of benzene rings is 1. The predicted octanol–water partition coefficient (Wildman–Crippen LogP) is 2.76. The van der Waals surface area contributed by atoms with Gasteiger partial charge in [0.1, 0.15) is 0 Å². The Kier molecular flexibility index (Phi) is 4.34. The lowest BCUT2D eigenvalue weighted by molar-refractivity contribution is 0.904. The first-order valence-electron chi connectivity index (χ1n) is 4.50. The third-order valence-corrected chi connectivity index (χ3v) is 2.82. The summed E-state index contributed by atoms with van der Waals surface area (Å²) in [5.41, 5.74) is 1.16. The molecular formula is C11H14N2S. The first kappa shape index (κ1) is 10.9. The van der Waals surface area contributed by atoms with Crippen molar-refractivity contribution in [1.29, 1.82) is 5.26 Å². The number of thioether (sulfide) groups is 1. The van der Waals surface area contributed by atoms with Crippen molar-refractivity contribution in [2.75, 3.05) is 24.7 Å². The molecule has 0 radical (unpaired) electrons. The molecule has 2 nitrogen and oxygen atoms in total. The van der Waals surface area contributed by atoms with Gasteiger partial charge in [-0.15, -0.1) is 11.8 Å². The van der Waals surface area contributed by atoms with E-state index in [1.165, 1.54) is 4.90 Å². The molecule has 1 aromatic carbocycles. The summed E-state index contributed by atoms with van der Waals surface area (Å²) in [6, 6.07) is 10.5. The summed E-state index contributed by atoms with van der Waals surface area (Å²) in [4.78, 5) is 3.36. The Hall–Kier alpha value is -1.14. The van der Waals surface area contributed by atoms with E-state index in [2.05, 4.69) is 41.5 Å². The molecule has 0 amide bonds. The Morgan fingerprint density at radius 3 is 2.50 bits per heavy atom. The van der Waals surface area contributed by atoms with Crippen LogP contribution in [-0.4, -0.2) is 19.8 Å². The second-order valence-corrected chi connectivity index (χ2v) is 3.91. The van der Waals surface area contributed by atoms with E-state index in [4.69, 9.17) is 5.26 Å². The zero-order valence-electron chi connectivity index (χ0n) is 8.53. The molecule has 0 heterocycles. The number of nitrogens with zero attached hydrogens (tertiary/aromatic N) is 2. The maximum absolute atomic E-state index is 8.46. The highest BCUT2D eigenvalue weighted by Gasteiger charge is 1.99. The lowest BCUT2D eigenvalue weighted by Crippen LogP contribution is -2.17. The quantitative estimate of drug-likeness (QED) is 0.709. The van der Waals surface area contributed by atoms with Crippen molar-refractivity contribution >= 4 is 17.4 Å². The van der Waals surface area contributed by atoms with Crippen molar-refractivity contribution in [3.05, 3.63) is 24.3 Å². The zero-order valence-corrected chi connectivity index (χ0v) is 9.34. The Bertz CT molecular complexity index is 313. The van der Waals surface area contributed by atoms with Gasteiger partial charge in [-0.05, 0) is 30.5 Å². The van der Waals surface area contributed by atoms with E-state index in [9.17, 15) is 0 Å². The standard InChI is InChI=1S/C11H14N2S/c1-13(9-3-8-12)10-4-6-11(14-2)7-5-10/h4-7H,3,9H2,1-2H3. The molecule has 0 spiro atoms. The van der Waals surface area contributed by atoms with Crippen molar-refractivity contribution in [3.63, 3.8) is 0 Å². The van der Waals surface area contributed by atoms with Crippen molar-refractivity contribution in [2.45, 2.75) is 11.3 Å². The van der Waals surface area contributed by atoms with Crippen molar-refractivity contribution in [2.24, 2.45) is 0 Å². The highest BCUT2D eigenvalue weighted by Crippen LogP contribution is 2.19. The van der Waals surface area contributed by atoms with Gasteiger partial charge in [-0.25, -0.2) is 0 Å². The topological polar surface area (TPSA) is 27.0 Å². The monoisotopic (exact) mass is 206 g/mol. The van der Waals surface area contributed by atoms with E-state index in [0.717, 1.165) is 12.2 Å². The van der Waals surface area contributed by atoms with E-state index in [-0.39, 0.29) is 0 Å². The van der Waals surface area contributed by atoms with Gasteiger partial charge in [0.15, 0.2) is 0 Å². The van der Waals surface area contributed by atoms with Gasteiger partial charge in [0.25, 0.3) is 0 Å². The average Bonchev–Trinajstić information content (AvgIpc) is 2.26. The fraction of sp³-hybridized carbons (Fsp3) is 0.364. The smallest absolute Gasteiger partial charge is 0.0640 e. The Labute approximate surface area is 89.5 Å². The minimum atomic E-state index is 0.570. The van der Waals surface area contributed by atoms with E-state index in [1.54, 1.807) is 11.8 Å². The van der Waals surface area contributed by atoms with Gasteiger partial charge in [-0.3, -0.25) is 0 Å². The molecule has 0 unspecified atom stereocenters. The number of anilines is 1. The molecule has 1 aromatic rings. The van der Waals surface area contributed by atoms with Crippen LogP contribution in [-0.2, 0) is 0 Å². The van der Waals surface area contributed by atoms with Crippen molar-refractivity contribution in [3.8, 4) is 6.07 Å². The summed E-state index contributed by atoms with van der Waals surface area (Å²) in [7, 11) is 2.01. The van der Waals surface area contributed by atoms with Crippen molar-refractivity contribution < 1.29 is 0 Å². The normalized spacial score (nSPS) is 9.50. The maximum Gasteiger partial charge on any atom is 0.0640 e. The Morgan fingerprint density at radius 2 is 2.00 bits per heavy atom. The number of hydrogen-bond donors (Lipinski definition) is 0. The molecule has 0 fully saturated rings. The lowest BCUT2D eigenvalue weighted by atomic mass is 10.3. The molecule has 0 bridgehead atoms. The van der Waals surface area contributed by atoms with Crippen LogP contribution in [0.5, 0.6) is 0 Å². The average molecular weight is 206 g/mol. The van der Waals surface area contributed by atoms with Crippen LogP contribution in [0.4, 0.5) is 5.69 Å². The fourth-order valence-corrected chi connectivity index (χ4v) is 1.59. The molecule has 0 saturated heterocycles. The highest BCUT2D eigenvalue weighted by molar-refractivity contribution is 7.98. The van der Waals surface area contributed by atoms with Gasteiger partial charge >= 0.3 is 0 Å². The van der Waals surface area contributed by atoms with E-state index in [0.29, 0.717) is 6.42 Å². The molecule has 74 valence electrons. The molecule has 0 saturated carbocycles. The summed E-state index contributed by atoms with van der Waals surface area (Å²) in [5, 5.41) is 8.46. The highest BCUT2D eigenvalue weighted by atomic mass is 32.2. The molecule has 14 heavy (non-hydrogen) atoms. The Balaban J connectivity index is 2.62. The SMILES string of the molecule is CSc1ccc(N(C)CCC#N)cc1. The second-order valence-electron chi connectivity index (χ2n) is 3.03. The summed E-state index contributed by atoms with van der Waals surface area (Å²) >= 11 is 1.74. The molecule has 3 heteroatoms. The third kappa shape index (κ3) is 2.97. The Morgan fingerprint density at radius 1 is 1.36 bits per heavy atom. The van der Waals surface area contributed by atoms with Gasteiger partial charge in [0, 0.05) is 24.2 Å². The largest absolute Gasteiger partial charge is 0.374 e. The molecule has 0 aromatic heterocycles. The molecule has 0 aliphatic rings. The van der Waals surface area contributed by atoms with Crippen LogP contribution in [0.2, 0.25) is 0 Å². The first-order valence-corrected chi connectivity index (χ1v) is 5.72. The number of rotatable bonds is 4. The van der Waals surface area contributed by atoms with Gasteiger partial charge in [0.2, 0.25) is 0 Å².